The minimum Gasteiger partial charge on any atom is -0.464 e. The molecule has 24 heavy (non-hydrogen) atoms. The van der Waals surface area contributed by atoms with Crippen LogP contribution < -0.4 is 5.32 Å². The maximum Gasteiger partial charge on any atom is 0.408 e. The molecule has 0 radical (unpaired) electrons. The summed E-state index contributed by atoms with van der Waals surface area (Å²) < 4.78 is 15.9. The van der Waals surface area contributed by atoms with Crippen LogP contribution in [0.15, 0.2) is 0 Å². The number of ether oxygens (including phenoxy) is 3. The molecule has 2 aliphatic rings. The topological polar surface area (TPSA) is 94.2 Å². The lowest BCUT2D eigenvalue weighted by Gasteiger charge is -2.29. The first-order valence-corrected chi connectivity index (χ1v) is 8.33. The van der Waals surface area contributed by atoms with Gasteiger partial charge in [0, 0.05) is 6.42 Å². The Morgan fingerprint density at radius 3 is 2.62 bits per heavy atom. The fourth-order valence-corrected chi connectivity index (χ4v) is 2.92. The Labute approximate surface area is 141 Å². The van der Waals surface area contributed by atoms with Gasteiger partial charge in [0.15, 0.2) is 0 Å². The van der Waals surface area contributed by atoms with Crippen LogP contribution in [0.4, 0.5) is 4.79 Å². The lowest BCUT2D eigenvalue weighted by atomic mass is 10.1. The monoisotopic (exact) mass is 342 g/mol. The van der Waals surface area contributed by atoms with Crippen LogP contribution in [0.3, 0.4) is 0 Å². The van der Waals surface area contributed by atoms with Gasteiger partial charge < -0.3 is 24.4 Å². The average molecular weight is 342 g/mol. The maximum absolute atomic E-state index is 12.8. The summed E-state index contributed by atoms with van der Waals surface area (Å²) in [5, 5.41) is 2.58. The summed E-state index contributed by atoms with van der Waals surface area (Å²) in [5.74, 6) is -0.770. The van der Waals surface area contributed by atoms with Crippen LogP contribution in [0.2, 0.25) is 0 Å². The lowest BCUT2D eigenvalue weighted by molar-refractivity contribution is -0.159. The van der Waals surface area contributed by atoms with E-state index >= 15 is 0 Å². The van der Waals surface area contributed by atoms with Gasteiger partial charge in [-0.15, -0.1) is 0 Å². The van der Waals surface area contributed by atoms with Crippen molar-refractivity contribution < 1.29 is 28.6 Å². The first-order valence-electron chi connectivity index (χ1n) is 8.33. The van der Waals surface area contributed by atoms with Gasteiger partial charge in [-0.3, -0.25) is 4.79 Å². The third kappa shape index (κ3) is 4.37. The zero-order valence-electron chi connectivity index (χ0n) is 14.7. The largest absolute Gasteiger partial charge is 0.464 e. The van der Waals surface area contributed by atoms with Gasteiger partial charge in [-0.05, 0) is 40.5 Å². The number of alkyl carbamates (subject to hydrolysis) is 1. The Kier molecular flexibility index (Phi) is 5.69. The first-order chi connectivity index (χ1) is 11.2. The van der Waals surface area contributed by atoms with Crippen molar-refractivity contribution in [2.24, 2.45) is 0 Å². The Balaban J connectivity index is 2.08. The van der Waals surface area contributed by atoms with E-state index in [1.54, 1.807) is 27.7 Å². The summed E-state index contributed by atoms with van der Waals surface area (Å²) >= 11 is 0. The number of amides is 2. The van der Waals surface area contributed by atoms with Crippen molar-refractivity contribution in [3.05, 3.63) is 0 Å². The van der Waals surface area contributed by atoms with Crippen LogP contribution in [0.25, 0.3) is 0 Å². The molecule has 2 aliphatic heterocycles. The fraction of sp³-hybridized carbons (Fsp3) is 0.812. The predicted molar refractivity (Wildman–Crippen MR) is 84.0 cm³/mol. The van der Waals surface area contributed by atoms with E-state index in [1.165, 1.54) is 4.90 Å². The number of carbonyl (C=O) groups excluding carboxylic acids is 3. The molecule has 2 rings (SSSR count). The van der Waals surface area contributed by atoms with E-state index in [0.29, 0.717) is 25.9 Å². The van der Waals surface area contributed by atoms with Crippen LogP contribution in [0.1, 0.15) is 47.0 Å². The van der Waals surface area contributed by atoms with Gasteiger partial charge >= 0.3 is 12.1 Å². The lowest BCUT2D eigenvalue weighted by Crippen LogP contribution is -2.53. The van der Waals surface area contributed by atoms with Gasteiger partial charge in [0.2, 0.25) is 5.91 Å². The number of nitrogens with zero attached hydrogens (tertiary/aromatic N) is 1. The summed E-state index contributed by atoms with van der Waals surface area (Å²) in [6.45, 7) is 7.54. The minimum atomic E-state index is -0.778. The quantitative estimate of drug-likeness (QED) is 0.774. The highest BCUT2D eigenvalue weighted by molar-refractivity contribution is 5.90. The molecule has 8 nitrogen and oxygen atoms in total. The summed E-state index contributed by atoms with van der Waals surface area (Å²) in [7, 11) is 0. The van der Waals surface area contributed by atoms with Gasteiger partial charge in [-0.1, -0.05) is 0 Å². The van der Waals surface area contributed by atoms with E-state index in [-0.39, 0.29) is 12.5 Å². The molecule has 0 aromatic carbocycles. The number of rotatable bonds is 3. The van der Waals surface area contributed by atoms with E-state index in [4.69, 9.17) is 14.2 Å². The number of hydrogen-bond acceptors (Lipinski definition) is 6. The SMILES string of the molecule is CCOC(=O)[C@@H]1CC[C@@H]2OCC[C@H](NC(=O)OC(C)(C)C)C(=O)N21. The molecule has 0 aromatic rings. The van der Waals surface area contributed by atoms with E-state index in [0.717, 1.165) is 0 Å². The second-order valence-electron chi connectivity index (χ2n) is 6.90. The van der Waals surface area contributed by atoms with Crippen LogP contribution in [0, 0.1) is 0 Å². The molecule has 2 saturated heterocycles. The van der Waals surface area contributed by atoms with Crippen LogP contribution >= 0.6 is 0 Å². The number of esters is 1. The third-order valence-corrected chi connectivity index (χ3v) is 3.85. The third-order valence-electron chi connectivity index (χ3n) is 3.85. The van der Waals surface area contributed by atoms with Crippen LogP contribution in [0.5, 0.6) is 0 Å². The van der Waals surface area contributed by atoms with E-state index in [9.17, 15) is 14.4 Å². The molecule has 0 spiro atoms. The van der Waals surface area contributed by atoms with Crippen LogP contribution in [-0.4, -0.2) is 60.0 Å². The second kappa shape index (κ2) is 7.38. The highest BCUT2D eigenvalue weighted by Crippen LogP contribution is 2.29. The van der Waals surface area contributed by atoms with E-state index < -0.39 is 36.0 Å². The molecular formula is C16H26N2O6. The first kappa shape index (κ1) is 18.5. The molecule has 8 heteroatoms. The van der Waals surface area contributed by atoms with Crippen molar-refractivity contribution in [3.63, 3.8) is 0 Å². The van der Waals surface area contributed by atoms with Gasteiger partial charge in [0.05, 0.1) is 13.2 Å². The number of nitrogens with one attached hydrogen (secondary N) is 1. The molecule has 2 amide bonds. The Morgan fingerprint density at radius 1 is 1.29 bits per heavy atom. The van der Waals surface area contributed by atoms with Gasteiger partial charge in [0.1, 0.15) is 23.9 Å². The number of hydrogen-bond donors (Lipinski definition) is 1. The molecule has 0 aromatic heterocycles. The zero-order valence-corrected chi connectivity index (χ0v) is 14.7. The minimum absolute atomic E-state index is 0.252. The molecule has 0 bridgehead atoms. The van der Waals surface area contributed by atoms with Gasteiger partial charge in [-0.2, -0.15) is 0 Å². The average Bonchev–Trinajstić information content (AvgIpc) is 2.81. The number of fused-ring (bicyclic) bond motifs is 1. The summed E-state index contributed by atoms with van der Waals surface area (Å²) in [4.78, 5) is 38.3. The molecule has 2 heterocycles. The van der Waals surface area contributed by atoms with Crippen molar-refractivity contribution >= 4 is 18.0 Å². The smallest absolute Gasteiger partial charge is 0.408 e. The summed E-state index contributed by atoms with van der Waals surface area (Å²) in [6.07, 6.45) is 0.298. The maximum atomic E-state index is 12.8. The molecule has 136 valence electrons. The fourth-order valence-electron chi connectivity index (χ4n) is 2.92. The number of carbonyl (C=O) groups is 3. The molecule has 0 unspecified atom stereocenters. The molecule has 1 N–H and O–H groups in total. The van der Waals surface area contributed by atoms with Gasteiger partial charge in [0.25, 0.3) is 0 Å². The van der Waals surface area contributed by atoms with Crippen molar-refractivity contribution in [3.8, 4) is 0 Å². The Hall–Kier alpha value is -1.83. The molecule has 2 fully saturated rings. The summed E-state index contributed by atoms with van der Waals surface area (Å²) in [6, 6.07) is -1.44. The Morgan fingerprint density at radius 2 is 2.00 bits per heavy atom. The second-order valence-corrected chi connectivity index (χ2v) is 6.90. The van der Waals surface area contributed by atoms with E-state index in [1.807, 2.05) is 0 Å². The Bertz CT molecular complexity index is 501. The standard InChI is InChI=1S/C16H26N2O6/c1-5-22-14(20)11-6-7-12-18(11)13(19)10(8-9-23-12)17-15(21)24-16(2,3)4/h10-12H,5-9H2,1-4H3,(H,17,21)/t10-,11-,12-/m0/s1. The highest BCUT2D eigenvalue weighted by Gasteiger charge is 2.46. The van der Waals surface area contributed by atoms with Crippen molar-refractivity contribution in [1.29, 1.82) is 0 Å². The van der Waals surface area contributed by atoms with Crippen molar-refractivity contribution in [2.45, 2.75) is 70.9 Å². The van der Waals surface area contributed by atoms with E-state index in [2.05, 4.69) is 5.32 Å². The van der Waals surface area contributed by atoms with Crippen molar-refractivity contribution in [1.82, 2.24) is 10.2 Å². The molecule has 0 saturated carbocycles. The van der Waals surface area contributed by atoms with Crippen LogP contribution in [-0.2, 0) is 23.8 Å². The van der Waals surface area contributed by atoms with Crippen molar-refractivity contribution in [2.75, 3.05) is 13.2 Å². The predicted octanol–water partition coefficient (Wildman–Crippen LogP) is 1.18. The molecule has 3 atom stereocenters. The zero-order chi connectivity index (χ0) is 17.9. The van der Waals surface area contributed by atoms with Gasteiger partial charge in [-0.25, -0.2) is 9.59 Å². The summed E-state index contributed by atoms with van der Waals surface area (Å²) in [5.41, 5.74) is -0.655. The normalized spacial score (nSPS) is 27.2. The molecular weight excluding hydrogens is 316 g/mol. The molecule has 0 aliphatic carbocycles. The highest BCUT2D eigenvalue weighted by atomic mass is 16.6.